The molecule has 3 atom stereocenters. The van der Waals surface area contributed by atoms with Gasteiger partial charge in [-0.15, -0.1) is 0 Å². The summed E-state index contributed by atoms with van der Waals surface area (Å²) in [5, 5.41) is 33.6. The first-order valence-electron chi connectivity index (χ1n) is 34.1. The molecule has 0 aliphatic carbocycles. The Morgan fingerprint density at radius 1 is 0.338 bits per heavy atom. The highest BCUT2D eigenvalue weighted by atomic mass is 16.3. The first-order valence-corrected chi connectivity index (χ1v) is 34.1. The summed E-state index contributed by atoms with van der Waals surface area (Å²) in [6.07, 6.45) is 84.3. The summed E-state index contributed by atoms with van der Waals surface area (Å²) in [7, 11) is 0. The van der Waals surface area contributed by atoms with Crippen LogP contribution in [0.2, 0.25) is 0 Å². The lowest BCUT2D eigenvalue weighted by Crippen LogP contribution is -2.45. The number of unbranched alkanes of at least 4 members (excludes halogenated alkanes) is 53. The van der Waals surface area contributed by atoms with Crippen LogP contribution in [0.1, 0.15) is 386 Å². The zero-order valence-corrected chi connectivity index (χ0v) is 50.5. The highest BCUT2D eigenvalue weighted by Gasteiger charge is 2.20. The van der Waals surface area contributed by atoms with Gasteiger partial charge < -0.3 is 20.6 Å². The van der Waals surface area contributed by atoms with Crippen LogP contribution in [0, 0.1) is 0 Å². The van der Waals surface area contributed by atoms with Crippen LogP contribution in [-0.2, 0) is 4.79 Å². The van der Waals surface area contributed by atoms with Gasteiger partial charge in [0.05, 0.1) is 31.3 Å². The number of aliphatic hydroxyl groups is 3. The van der Waals surface area contributed by atoms with Gasteiger partial charge in [-0.25, -0.2) is 0 Å². The van der Waals surface area contributed by atoms with E-state index in [2.05, 4.69) is 31.3 Å². The van der Waals surface area contributed by atoms with Gasteiger partial charge in [-0.2, -0.15) is 0 Å². The molecule has 0 aliphatic rings. The van der Waals surface area contributed by atoms with Crippen molar-refractivity contribution in [3.05, 3.63) is 24.3 Å². The molecule has 4 N–H and O–H groups in total. The number of nitrogens with one attached hydrogen (secondary N) is 1. The summed E-state index contributed by atoms with van der Waals surface area (Å²) in [5.74, 6) is -0.308. The fourth-order valence-corrected chi connectivity index (χ4v) is 11.0. The summed E-state index contributed by atoms with van der Waals surface area (Å²) in [6, 6.07) is -0.744. The second-order valence-corrected chi connectivity index (χ2v) is 23.8. The molecule has 3 unspecified atom stereocenters. The Balaban J connectivity index is 3.47. The Hall–Kier alpha value is -1.17. The minimum atomic E-state index is -0.929. The Bertz CT molecular complexity index is 1110. The van der Waals surface area contributed by atoms with Gasteiger partial charge in [0.25, 0.3) is 0 Å². The molecule has 0 aliphatic heterocycles. The highest BCUT2D eigenvalue weighted by molar-refractivity contribution is 5.76. The second kappa shape index (κ2) is 64.4. The molecule has 74 heavy (non-hydrogen) atoms. The van der Waals surface area contributed by atoms with Gasteiger partial charge >= 0.3 is 0 Å². The molecule has 0 saturated carbocycles. The lowest BCUT2D eigenvalue weighted by Gasteiger charge is -2.21. The molecule has 0 radical (unpaired) electrons. The molecule has 440 valence electrons. The molecule has 1 amide bonds. The minimum Gasteiger partial charge on any atom is -0.394 e. The number of rotatable bonds is 64. The maximum Gasteiger partial charge on any atom is 0.222 e. The van der Waals surface area contributed by atoms with E-state index in [1.54, 1.807) is 6.08 Å². The molecule has 5 heteroatoms. The molecule has 0 spiro atoms. The molecule has 0 aromatic carbocycles. The van der Waals surface area contributed by atoms with E-state index in [9.17, 15) is 20.1 Å². The first-order chi connectivity index (χ1) is 36.5. The highest BCUT2D eigenvalue weighted by Crippen LogP contribution is 2.19. The van der Waals surface area contributed by atoms with Gasteiger partial charge in [0.2, 0.25) is 5.91 Å². The van der Waals surface area contributed by atoms with Gasteiger partial charge in [0, 0.05) is 0 Å². The Kier molecular flexibility index (Phi) is 63.3. The molecule has 0 bridgehead atoms. The number of carbonyl (C=O) groups excluding carboxylic acids is 1. The largest absolute Gasteiger partial charge is 0.394 e. The lowest BCUT2D eigenvalue weighted by atomic mass is 10.0. The normalized spacial score (nSPS) is 13.2. The maximum absolute atomic E-state index is 12.6. The van der Waals surface area contributed by atoms with E-state index in [1.165, 1.54) is 334 Å². The van der Waals surface area contributed by atoms with E-state index in [0.29, 0.717) is 6.42 Å². The summed E-state index contributed by atoms with van der Waals surface area (Å²) in [5.41, 5.74) is 0. The molecule has 0 aromatic rings. The monoisotopic (exact) mass is 1040 g/mol. The number of aliphatic hydroxyl groups excluding tert-OH is 3. The molecule has 0 fully saturated rings. The van der Waals surface area contributed by atoms with Crippen LogP contribution in [0.3, 0.4) is 0 Å². The minimum absolute atomic E-state index is 0.0175. The van der Waals surface area contributed by atoms with Crippen molar-refractivity contribution in [3.8, 4) is 0 Å². The van der Waals surface area contributed by atoms with Crippen molar-refractivity contribution < 1.29 is 20.1 Å². The molecule has 0 aromatic heterocycles. The molecule has 5 nitrogen and oxygen atoms in total. The van der Waals surface area contributed by atoms with Gasteiger partial charge in [-0.3, -0.25) is 4.79 Å². The average Bonchev–Trinajstić information content (AvgIpc) is 3.40. The van der Waals surface area contributed by atoms with Gasteiger partial charge in [0.1, 0.15) is 0 Å². The number of allylic oxidation sites excluding steroid dienone is 3. The van der Waals surface area contributed by atoms with Crippen molar-refractivity contribution in [1.82, 2.24) is 5.32 Å². The molecular formula is C69H135NO4. The average molecular weight is 1040 g/mol. The van der Waals surface area contributed by atoms with Gasteiger partial charge in [-0.05, 0) is 44.9 Å². The summed E-state index contributed by atoms with van der Waals surface area (Å²) in [6.45, 7) is 4.27. The SMILES string of the molecule is CCCCCCCCCCCCCCCCCCCC/C=C\CCCCCCCCCCCCCCCCCC(O)CC(=O)NC(CO)C(O)/C=C/CCCCCCCCCCCCCCCCCCCCCC. The van der Waals surface area contributed by atoms with Crippen molar-refractivity contribution in [2.45, 2.75) is 405 Å². The van der Waals surface area contributed by atoms with E-state index < -0.39 is 18.2 Å². The van der Waals surface area contributed by atoms with Crippen LogP contribution < -0.4 is 5.32 Å². The van der Waals surface area contributed by atoms with E-state index in [4.69, 9.17) is 0 Å². The number of hydrogen-bond donors (Lipinski definition) is 4. The predicted molar refractivity (Wildman–Crippen MR) is 328 cm³/mol. The summed E-state index contributed by atoms with van der Waals surface area (Å²) >= 11 is 0. The van der Waals surface area contributed by atoms with Crippen LogP contribution >= 0.6 is 0 Å². The number of hydrogen-bond acceptors (Lipinski definition) is 4. The van der Waals surface area contributed by atoms with E-state index in [1.807, 2.05) is 6.08 Å². The van der Waals surface area contributed by atoms with Crippen LogP contribution in [0.15, 0.2) is 24.3 Å². The van der Waals surface area contributed by atoms with Crippen molar-refractivity contribution in [1.29, 1.82) is 0 Å². The zero-order valence-electron chi connectivity index (χ0n) is 50.5. The van der Waals surface area contributed by atoms with Crippen LogP contribution in [0.5, 0.6) is 0 Å². The number of carbonyl (C=O) groups is 1. The lowest BCUT2D eigenvalue weighted by molar-refractivity contribution is -0.124. The van der Waals surface area contributed by atoms with Crippen LogP contribution in [-0.4, -0.2) is 46.1 Å². The zero-order chi connectivity index (χ0) is 53.6. The smallest absolute Gasteiger partial charge is 0.222 e. The summed E-state index contributed by atoms with van der Waals surface area (Å²) < 4.78 is 0. The molecule has 0 rings (SSSR count). The van der Waals surface area contributed by atoms with E-state index in [-0.39, 0.29) is 18.9 Å². The van der Waals surface area contributed by atoms with E-state index in [0.717, 1.165) is 25.7 Å². The fourth-order valence-electron chi connectivity index (χ4n) is 11.0. The van der Waals surface area contributed by atoms with E-state index >= 15 is 0 Å². The van der Waals surface area contributed by atoms with Crippen molar-refractivity contribution in [2.24, 2.45) is 0 Å². The molecule has 0 saturated heterocycles. The van der Waals surface area contributed by atoms with Gasteiger partial charge in [0.15, 0.2) is 0 Å². The predicted octanol–water partition coefficient (Wildman–Crippen LogP) is 22.0. The third-order valence-corrected chi connectivity index (χ3v) is 16.2. The van der Waals surface area contributed by atoms with Crippen molar-refractivity contribution >= 4 is 5.91 Å². The van der Waals surface area contributed by atoms with Crippen LogP contribution in [0.4, 0.5) is 0 Å². The third-order valence-electron chi connectivity index (χ3n) is 16.2. The first kappa shape index (κ1) is 72.8. The maximum atomic E-state index is 12.6. The number of amides is 1. The summed E-state index contributed by atoms with van der Waals surface area (Å²) in [4.78, 5) is 12.6. The fraction of sp³-hybridized carbons (Fsp3) is 0.928. The van der Waals surface area contributed by atoms with Crippen LogP contribution in [0.25, 0.3) is 0 Å². The Labute approximate surface area is 464 Å². The topological polar surface area (TPSA) is 89.8 Å². The van der Waals surface area contributed by atoms with Crippen molar-refractivity contribution in [3.63, 3.8) is 0 Å². The molecule has 0 heterocycles. The molecular weight excluding hydrogens is 907 g/mol. The third kappa shape index (κ3) is 60.1. The van der Waals surface area contributed by atoms with Crippen molar-refractivity contribution in [2.75, 3.05) is 6.61 Å². The Morgan fingerprint density at radius 2 is 0.568 bits per heavy atom. The second-order valence-electron chi connectivity index (χ2n) is 23.8. The Morgan fingerprint density at radius 3 is 0.824 bits per heavy atom. The standard InChI is InChI=1S/C69H135NO4/c1-3-5-7-9-11-13-15-17-19-21-23-25-27-28-29-30-31-32-33-34-35-36-37-38-39-40-41-42-44-46-48-50-52-54-56-58-60-62-66(72)64-69(74)70-67(65-71)68(73)63-61-59-57-55-53-51-49-47-45-43-26-24-22-20-18-16-14-12-10-8-6-4-2/h34-35,61,63,66-68,71-73H,3-33,36-60,62,64-65H2,1-2H3,(H,70,74)/b35-34-,63-61+. The quantitative estimate of drug-likeness (QED) is 0.0361. The van der Waals surface area contributed by atoms with Gasteiger partial charge in [-0.1, -0.05) is 359 Å².